The highest BCUT2D eigenvalue weighted by atomic mass is 35.5. The predicted octanol–water partition coefficient (Wildman–Crippen LogP) is 0.358. The molecule has 2 atom stereocenters. The van der Waals surface area contributed by atoms with E-state index >= 15 is 0 Å². The maximum atomic E-state index is 9.38. The second-order valence-corrected chi connectivity index (χ2v) is 3.67. The fourth-order valence-electron chi connectivity index (χ4n) is 0.711. The third-order valence-electron chi connectivity index (χ3n) is 1.36. The Kier molecular flexibility index (Phi) is 3.28. The van der Waals surface area contributed by atoms with E-state index < -0.39 is 12.2 Å². The van der Waals surface area contributed by atoms with Crippen LogP contribution in [0.4, 0.5) is 5.13 Å². The van der Waals surface area contributed by atoms with Crippen molar-refractivity contribution < 1.29 is 10.2 Å². The lowest BCUT2D eigenvalue weighted by atomic mass is 10.2. The Morgan fingerprint density at radius 1 is 1.67 bits per heavy atom. The van der Waals surface area contributed by atoms with Gasteiger partial charge in [0.05, 0.1) is 16.9 Å². The molecule has 1 rings (SSSR count). The highest BCUT2D eigenvalue weighted by Gasteiger charge is 2.19. The number of aromatic nitrogens is 1. The minimum Gasteiger partial charge on any atom is -0.389 e. The van der Waals surface area contributed by atoms with E-state index in [1.54, 1.807) is 0 Å². The number of nitrogen functional groups attached to an aromatic ring is 1. The molecular weight excluding hydrogens is 200 g/mol. The van der Waals surface area contributed by atoms with E-state index in [2.05, 4.69) is 4.98 Å². The number of alkyl halides is 1. The molecule has 0 fully saturated rings. The minimum atomic E-state index is -0.989. The van der Waals surface area contributed by atoms with Gasteiger partial charge in [-0.3, -0.25) is 0 Å². The molecule has 0 spiro atoms. The number of hydrogen-bond donors (Lipinski definition) is 3. The van der Waals surface area contributed by atoms with Gasteiger partial charge in [0.15, 0.2) is 5.13 Å². The number of aliphatic hydroxyl groups excluding tert-OH is 2. The number of halogens is 1. The molecule has 0 aliphatic rings. The number of nitrogens with zero attached hydrogens (tertiary/aromatic N) is 1. The molecule has 1 aromatic rings. The fourth-order valence-corrected chi connectivity index (χ4v) is 1.61. The Balaban J connectivity index is 2.70. The summed E-state index contributed by atoms with van der Waals surface area (Å²) in [5, 5.41) is 18.9. The van der Waals surface area contributed by atoms with Crippen LogP contribution in [-0.2, 0) is 0 Å². The second kappa shape index (κ2) is 4.04. The van der Waals surface area contributed by atoms with Gasteiger partial charge in [-0.15, -0.1) is 11.6 Å². The first-order chi connectivity index (χ1) is 5.65. The van der Waals surface area contributed by atoms with Crippen molar-refractivity contribution in [1.82, 2.24) is 4.98 Å². The van der Waals surface area contributed by atoms with Gasteiger partial charge in [-0.05, 0) is 0 Å². The zero-order valence-corrected chi connectivity index (χ0v) is 7.72. The Morgan fingerprint density at radius 2 is 2.33 bits per heavy atom. The molecule has 12 heavy (non-hydrogen) atoms. The third kappa shape index (κ3) is 2.07. The van der Waals surface area contributed by atoms with Crippen LogP contribution < -0.4 is 5.73 Å². The molecule has 0 aliphatic heterocycles. The van der Waals surface area contributed by atoms with E-state index in [4.69, 9.17) is 22.4 Å². The molecule has 0 saturated carbocycles. The van der Waals surface area contributed by atoms with Crippen LogP contribution in [0.25, 0.3) is 0 Å². The summed E-state index contributed by atoms with van der Waals surface area (Å²) in [5.74, 6) is -0.0149. The van der Waals surface area contributed by atoms with Crippen LogP contribution >= 0.6 is 22.9 Å². The Bertz CT molecular complexity index is 255. The number of thiazole rings is 1. The monoisotopic (exact) mass is 208 g/mol. The second-order valence-electron chi connectivity index (χ2n) is 2.27. The lowest BCUT2D eigenvalue weighted by molar-refractivity contribution is 0.0349. The van der Waals surface area contributed by atoms with Crippen LogP contribution in [0, 0.1) is 0 Å². The van der Waals surface area contributed by atoms with Gasteiger partial charge >= 0.3 is 0 Å². The lowest BCUT2D eigenvalue weighted by Crippen LogP contribution is -2.18. The number of hydrogen-bond acceptors (Lipinski definition) is 5. The van der Waals surface area contributed by atoms with E-state index in [1.807, 2.05) is 0 Å². The summed E-state index contributed by atoms with van der Waals surface area (Å²) in [6.45, 7) is 0. The van der Waals surface area contributed by atoms with Crippen molar-refractivity contribution in [3.05, 3.63) is 11.1 Å². The molecule has 4 nitrogen and oxygen atoms in total. The SMILES string of the molecule is Nc1ncc(C(O)C(O)CCl)s1. The van der Waals surface area contributed by atoms with Crippen molar-refractivity contribution in [3.63, 3.8) is 0 Å². The van der Waals surface area contributed by atoms with Gasteiger partial charge in [-0.25, -0.2) is 4.98 Å². The van der Waals surface area contributed by atoms with Crippen molar-refractivity contribution in [2.75, 3.05) is 11.6 Å². The predicted molar refractivity (Wildman–Crippen MR) is 48.2 cm³/mol. The first-order valence-electron chi connectivity index (χ1n) is 3.28. The Labute approximate surface area is 78.6 Å². The van der Waals surface area contributed by atoms with Gasteiger partial charge in [0, 0.05) is 6.20 Å². The minimum absolute atomic E-state index is 0.0149. The average Bonchev–Trinajstić information content (AvgIpc) is 2.49. The molecule has 6 heteroatoms. The molecule has 1 aromatic heterocycles. The molecule has 0 amide bonds. The summed E-state index contributed by atoms with van der Waals surface area (Å²) >= 11 is 6.48. The van der Waals surface area contributed by atoms with Crippen molar-refractivity contribution in [1.29, 1.82) is 0 Å². The van der Waals surface area contributed by atoms with Gasteiger partial charge in [0.25, 0.3) is 0 Å². The largest absolute Gasteiger partial charge is 0.389 e. The van der Waals surface area contributed by atoms with Gasteiger partial charge in [-0.2, -0.15) is 0 Å². The van der Waals surface area contributed by atoms with Crippen LogP contribution in [-0.4, -0.2) is 27.2 Å². The normalized spacial score (nSPS) is 15.9. The van der Waals surface area contributed by atoms with Crippen molar-refractivity contribution in [3.8, 4) is 0 Å². The van der Waals surface area contributed by atoms with E-state index in [0.717, 1.165) is 11.3 Å². The van der Waals surface area contributed by atoms with E-state index in [-0.39, 0.29) is 5.88 Å². The highest BCUT2D eigenvalue weighted by Crippen LogP contribution is 2.24. The third-order valence-corrected chi connectivity index (χ3v) is 2.57. The van der Waals surface area contributed by atoms with Gasteiger partial charge in [0.2, 0.25) is 0 Å². The van der Waals surface area contributed by atoms with Gasteiger partial charge in [0.1, 0.15) is 6.10 Å². The van der Waals surface area contributed by atoms with Crippen molar-refractivity contribution >= 4 is 28.1 Å². The molecule has 68 valence electrons. The summed E-state index contributed by atoms with van der Waals surface area (Å²) < 4.78 is 0. The fraction of sp³-hybridized carbons (Fsp3) is 0.500. The van der Waals surface area contributed by atoms with Crippen LogP contribution in [0.3, 0.4) is 0 Å². The number of anilines is 1. The standard InChI is InChI=1S/C6H9ClN2O2S/c7-1-3(10)5(11)4-2-9-6(8)12-4/h2-3,5,10-11H,1H2,(H2,8,9). The molecule has 0 aromatic carbocycles. The Morgan fingerprint density at radius 3 is 2.75 bits per heavy atom. The summed E-state index contributed by atoms with van der Waals surface area (Å²) in [6.07, 6.45) is -0.524. The average molecular weight is 209 g/mol. The summed E-state index contributed by atoms with van der Waals surface area (Å²) in [7, 11) is 0. The first-order valence-corrected chi connectivity index (χ1v) is 4.63. The topological polar surface area (TPSA) is 79.4 Å². The van der Waals surface area contributed by atoms with Crippen LogP contribution in [0.15, 0.2) is 6.20 Å². The number of nitrogens with two attached hydrogens (primary N) is 1. The summed E-state index contributed by atoms with van der Waals surface area (Å²) in [5.41, 5.74) is 5.34. The van der Waals surface area contributed by atoms with Crippen molar-refractivity contribution in [2.45, 2.75) is 12.2 Å². The molecule has 0 saturated heterocycles. The Hall–Kier alpha value is -0.360. The molecule has 0 radical (unpaired) electrons. The van der Waals surface area contributed by atoms with E-state index in [1.165, 1.54) is 6.20 Å². The molecule has 0 bridgehead atoms. The molecule has 0 aliphatic carbocycles. The summed E-state index contributed by atoms with van der Waals surface area (Å²) in [4.78, 5) is 4.26. The number of rotatable bonds is 3. The zero-order chi connectivity index (χ0) is 9.14. The maximum absolute atomic E-state index is 9.38. The van der Waals surface area contributed by atoms with Crippen LogP contribution in [0.2, 0.25) is 0 Å². The van der Waals surface area contributed by atoms with Gasteiger partial charge in [-0.1, -0.05) is 11.3 Å². The van der Waals surface area contributed by atoms with Crippen LogP contribution in [0.1, 0.15) is 11.0 Å². The van der Waals surface area contributed by atoms with Gasteiger partial charge < -0.3 is 15.9 Å². The van der Waals surface area contributed by atoms with E-state index in [9.17, 15) is 5.11 Å². The van der Waals surface area contributed by atoms with Crippen molar-refractivity contribution in [2.24, 2.45) is 0 Å². The molecule has 4 N–H and O–H groups in total. The van der Waals surface area contributed by atoms with E-state index in [0.29, 0.717) is 10.0 Å². The number of aliphatic hydroxyl groups is 2. The molecular formula is C6H9ClN2O2S. The maximum Gasteiger partial charge on any atom is 0.180 e. The summed E-state index contributed by atoms with van der Waals surface area (Å²) in [6, 6.07) is 0. The zero-order valence-electron chi connectivity index (χ0n) is 6.14. The van der Waals surface area contributed by atoms with Crippen LogP contribution in [0.5, 0.6) is 0 Å². The smallest absolute Gasteiger partial charge is 0.180 e. The highest BCUT2D eigenvalue weighted by molar-refractivity contribution is 7.15. The molecule has 2 unspecified atom stereocenters. The first kappa shape index (κ1) is 9.73. The molecule has 1 heterocycles. The quantitative estimate of drug-likeness (QED) is 0.627. The lowest BCUT2D eigenvalue weighted by Gasteiger charge is -2.12.